The van der Waals surface area contributed by atoms with Gasteiger partial charge in [0.05, 0.1) is 5.56 Å². The Kier molecular flexibility index (Phi) is 5.31. The van der Waals surface area contributed by atoms with Crippen LogP contribution in [0.25, 0.3) is 0 Å². The van der Waals surface area contributed by atoms with E-state index in [0.717, 1.165) is 12.1 Å². The molecule has 0 spiro atoms. The SMILES string of the molecule is COC(OC)C1CCN(c2c(F)cc(C(=O)O)cc2F)CC1. The summed E-state index contributed by atoms with van der Waals surface area (Å²) in [5.41, 5.74) is -0.567. The van der Waals surface area contributed by atoms with Crippen molar-refractivity contribution < 1.29 is 28.2 Å². The van der Waals surface area contributed by atoms with E-state index >= 15 is 0 Å². The highest BCUT2D eigenvalue weighted by atomic mass is 19.1. The van der Waals surface area contributed by atoms with E-state index in [4.69, 9.17) is 14.6 Å². The lowest BCUT2D eigenvalue weighted by Gasteiger charge is -2.36. The van der Waals surface area contributed by atoms with Gasteiger partial charge in [-0.25, -0.2) is 13.6 Å². The van der Waals surface area contributed by atoms with Gasteiger partial charge < -0.3 is 19.5 Å². The van der Waals surface area contributed by atoms with Crippen LogP contribution in [0.3, 0.4) is 0 Å². The van der Waals surface area contributed by atoms with Crippen molar-refractivity contribution in [3.05, 3.63) is 29.3 Å². The number of hydrogen-bond donors (Lipinski definition) is 1. The Morgan fingerprint density at radius 3 is 2.14 bits per heavy atom. The number of piperidine rings is 1. The highest BCUT2D eigenvalue weighted by molar-refractivity contribution is 5.88. The molecule has 1 saturated heterocycles. The normalized spacial score (nSPS) is 16.3. The second-order valence-electron chi connectivity index (χ2n) is 5.26. The maximum atomic E-state index is 14.0. The highest BCUT2D eigenvalue weighted by Gasteiger charge is 2.29. The molecular weight excluding hydrogens is 296 g/mol. The molecule has 1 fully saturated rings. The average molecular weight is 315 g/mol. The Hall–Kier alpha value is -1.73. The first kappa shape index (κ1) is 16.6. The average Bonchev–Trinajstić information content (AvgIpc) is 2.49. The van der Waals surface area contributed by atoms with E-state index in [-0.39, 0.29) is 17.9 Å². The van der Waals surface area contributed by atoms with Crippen LogP contribution in [0, 0.1) is 17.6 Å². The predicted molar refractivity (Wildman–Crippen MR) is 76.1 cm³/mol. The molecule has 0 unspecified atom stereocenters. The zero-order chi connectivity index (χ0) is 16.3. The third kappa shape index (κ3) is 3.36. The molecule has 2 rings (SSSR count). The number of carboxylic acid groups (broad SMARTS) is 1. The summed E-state index contributed by atoms with van der Waals surface area (Å²) in [6.07, 6.45) is 1.02. The molecule has 122 valence electrons. The summed E-state index contributed by atoms with van der Waals surface area (Å²) in [5, 5.41) is 8.81. The minimum atomic E-state index is -1.36. The number of halogens is 2. The Bertz CT molecular complexity index is 517. The van der Waals surface area contributed by atoms with Gasteiger partial charge in [0.15, 0.2) is 6.29 Å². The van der Waals surface area contributed by atoms with Crippen molar-refractivity contribution in [1.29, 1.82) is 0 Å². The second kappa shape index (κ2) is 7.02. The lowest BCUT2D eigenvalue weighted by atomic mass is 9.95. The molecule has 1 N–H and O–H groups in total. The van der Waals surface area contributed by atoms with Gasteiger partial charge in [-0.1, -0.05) is 0 Å². The summed E-state index contributed by atoms with van der Waals surface area (Å²) >= 11 is 0. The van der Waals surface area contributed by atoms with Crippen molar-refractivity contribution in [2.24, 2.45) is 5.92 Å². The van der Waals surface area contributed by atoms with E-state index in [2.05, 4.69) is 0 Å². The molecular formula is C15H19F2NO4. The van der Waals surface area contributed by atoms with Gasteiger partial charge in [-0.15, -0.1) is 0 Å². The van der Waals surface area contributed by atoms with Crippen LogP contribution in [0.4, 0.5) is 14.5 Å². The summed E-state index contributed by atoms with van der Waals surface area (Å²) < 4.78 is 38.5. The molecule has 1 aliphatic heterocycles. The summed E-state index contributed by atoms with van der Waals surface area (Å²) in [6, 6.07) is 1.69. The largest absolute Gasteiger partial charge is 0.478 e. The summed E-state index contributed by atoms with van der Waals surface area (Å²) in [6.45, 7) is 0.905. The summed E-state index contributed by atoms with van der Waals surface area (Å²) in [4.78, 5) is 12.4. The first-order valence-corrected chi connectivity index (χ1v) is 7.00. The van der Waals surface area contributed by atoms with Crippen LogP contribution >= 0.6 is 0 Å². The highest BCUT2D eigenvalue weighted by Crippen LogP contribution is 2.31. The quantitative estimate of drug-likeness (QED) is 0.846. The lowest BCUT2D eigenvalue weighted by Crippen LogP contribution is -2.39. The smallest absolute Gasteiger partial charge is 0.335 e. The fourth-order valence-corrected chi connectivity index (χ4v) is 2.87. The van der Waals surface area contributed by atoms with Crippen molar-refractivity contribution in [2.45, 2.75) is 19.1 Å². The standard InChI is InChI=1S/C15H19F2NO4/c1-21-15(22-2)9-3-5-18(6-4-9)13-11(16)7-10(14(19)20)8-12(13)17/h7-9,15H,3-6H2,1-2H3,(H,19,20). The number of anilines is 1. The number of rotatable bonds is 5. The maximum absolute atomic E-state index is 14.0. The number of benzene rings is 1. The van der Waals surface area contributed by atoms with Gasteiger partial charge in [-0.3, -0.25) is 0 Å². The van der Waals surface area contributed by atoms with Crippen LogP contribution in [-0.4, -0.2) is 44.7 Å². The third-order valence-corrected chi connectivity index (χ3v) is 3.97. The number of aromatic carboxylic acids is 1. The summed E-state index contributed by atoms with van der Waals surface area (Å²) in [7, 11) is 3.12. The van der Waals surface area contributed by atoms with Gasteiger partial charge in [-0.05, 0) is 25.0 Å². The molecule has 5 nitrogen and oxygen atoms in total. The topological polar surface area (TPSA) is 59.0 Å². The van der Waals surface area contributed by atoms with E-state index < -0.39 is 23.2 Å². The van der Waals surface area contributed by atoms with Crippen LogP contribution < -0.4 is 4.90 Å². The maximum Gasteiger partial charge on any atom is 0.335 e. The van der Waals surface area contributed by atoms with Crippen LogP contribution in [0.15, 0.2) is 12.1 Å². The Morgan fingerprint density at radius 2 is 1.73 bits per heavy atom. The molecule has 0 saturated carbocycles. The van der Waals surface area contributed by atoms with Crippen molar-refractivity contribution in [3.8, 4) is 0 Å². The van der Waals surface area contributed by atoms with E-state index in [1.807, 2.05) is 0 Å². The van der Waals surface area contributed by atoms with Crippen LogP contribution in [-0.2, 0) is 9.47 Å². The second-order valence-corrected chi connectivity index (χ2v) is 5.26. The van der Waals surface area contributed by atoms with Crippen molar-refractivity contribution in [1.82, 2.24) is 0 Å². The Labute approximate surface area is 127 Å². The van der Waals surface area contributed by atoms with Gasteiger partial charge in [0, 0.05) is 33.2 Å². The van der Waals surface area contributed by atoms with Crippen LogP contribution in [0.1, 0.15) is 23.2 Å². The molecule has 7 heteroatoms. The number of methoxy groups -OCH3 is 2. The van der Waals surface area contributed by atoms with Gasteiger partial charge >= 0.3 is 5.97 Å². The monoisotopic (exact) mass is 315 g/mol. The van der Waals surface area contributed by atoms with Gasteiger partial charge in [0.1, 0.15) is 17.3 Å². The molecule has 1 aromatic rings. The van der Waals surface area contributed by atoms with Crippen LogP contribution in [0.2, 0.25) is 0 Å². The van der Waals surface area contributed by atoms with E-state index in [1.54, 1.807) is 19.1 Å². The van der Waals surface area contributed by atoms with Gasteiger partial charge in [0.25, 0.3) is 0 Å². The van der Waals surface area contributed by atoms with Crippen molar-refractivity contribution in [2.75, 3.05) is 32.2 Å². The number of carbonyl (C=O) groups is 1. The first-order valence-electron chi connectivity index (χ1n) is 7.00. The molecule has 0 radical (unpaired) electrons. The number of carboxylic acids is 1. The van der Waals surface area contributed by atoms with Crippen LogP contribution in [0.5, 0.6) is 0 Å². The fraction of sp³-hybridized carbons (Fsp3) is 0.533. The molecule has 0 bridgehead atoms. The molecule has 0 atom stereocenters. The van der Waals surface area contributed by atoms with Gasteiger partial charge in [-0.2, -0.15) is 0 Å². The minimum Gasteiger partial charge on any atom is -0.478 e. The molecule has 1 aliphatic rings. The molecule has 22 heavy (non-hydrogen) atoms. The third-order valence-electron chi connectivity index (χ3n) is 3.97. The van der Waals surface area contributed by atoms with Crippen molar-refractivity contribution >= 4 is 11.7 Å². The van der Waals surface area contributed by atoms with E-state index in [9.17, 15) is 13.6 Å². The lowest BCUT2D eigenvalue weighted by molar-refractivity contribution is -0.141. The predicted octanol–water partition coefficient (Wildman–Crippen LogP) is 2.50. The minimum absolute atomic E-state index is 0.163. The fourth-order valence-electron chi connectivity index (χ4n) is 2.87. The van der Waals surface area contributed by atoms with E-state index in [0.29, 0.717) is 25.9 Å². The first-order chi connectivity index (χ1) is 10.5. The number of ether oxygens (including phenoxy) is 2. The molecule has 1 aromatic carbocycles. The molecule has 0 aliphatic carbocycles. The molecule has 0 aromatic heterocycles. The van der Waals surface area contributed by atoms with E-state index in [1.165, 1.54) is 0 Å². The number of nitrogens with zero attached hydrogens (tertiary/aromatic N) is 1. The molecule has 0 amide bonds. The zero-order valence-electron chi connectivity index (χ0n) is 12.5. The summed E-state index contributed by atoms with van der Waals surface area (Å²) in [5.74, 6) is -2.90. The zero-order valence-corrected chi connectivity index (χ0v) is 12.5. The molecule has 1 heterocycles. The Morgan fingerprint density at radius 1 is 1.23 bits per heavy atom. The van der Waals surface area contributed by atoms with Gasteiger partial charge in [0.2, 0.25) is 0 Å². The van der Waals surface area contributed by atoms with Crippen molar-refractivity contribution in [3.63, 3.8) is 0 Å². The number of hydrogen-bond acceptors (Lipinski definition) is 4. The Balaban J connectivity index is 2.13.